The highest BCUT2D eigenvalue weighted by atomic mass is 16.5. The van der Waals surface area contributed by atoms with E-state index in [4.69, 9.17) is 4.74 Å². The van der Waals surface area contributed by atoms with Crippen molar-refractivity contribution in [3.05, 3.63) is 53.5 Å². The van der Waals surface area contributed by atoms with Gasteiger partial charge >= 0.3 is 0 Å². The number of aromatic nitrogens is 2. The predicted octanol–water partition coefficient (Wildman–Crippen LogP) is 2.57. The van der Waals surface area contributed by atoms with Gasteiger partial charge in [0.1, 0.15) is 6.07 Å². The van der Waals surface area contributed by atoms with Gasteiger partial charge in [-0.1, -0.05) is 24.3 Å². The Balaban J connectivity index is 1.58. The quantitative estimate of drug-likeness (QED) is 0.800. The van der Waals surface area contributed by atoms with Gasteiger partial charge in [0, 0.05) is 32.0 Å². The number of rotatable bonds is 6. The molecule has 0 radical (unpaired) electrons. The van der Waals surface area contributed by atoms with Gasteiger partial charge < -0.3 is 15.4 Å². The van der Waals surface area contributed by atoms with Gasteiger partial charge in [-0.15, -0.1) is 0 Å². The molecule has 7 nitrogen and oxygen atoms in total. The first-order chi connectivity index (χ1) is 13.6. The summed E-state index contributed by atoms with van der Waals surface area (Å²) in [5.41, 5.74) is 2.55. The van der Waals surface area contributed by atoms with E-state index in [-0.39, 0.29) is 29.7 Å². The number of nitrogens with zero attached hydrogens (tertiary/aromatic N) is 3. The molecule has 0 unspecified atom stereocenters. The summed E-state index contributed by atoms with van der Waals surface area (Å²) in [4.78, 5) is 20.9. The summed E-state index contributed by atoms with van der Waals surface area (Å²) < 4.78 is 5.64. The lowest BCUT2D eigenvalue weighted by Gasteiger charge is -2.35. The van der Waals surface area contributed by atoms with Crippen molar-refractivity contribution in [2.45, 2.75) is 44.9 Å². The maximum absolute atomic E-state index is 12.7. The molecule has 1 saturated carbocycles. The van der Waals surface area contributed by atoms with Crippen molar-refractivity contribution in [2.75, 3.05) is 12.4 Å². The number of hydrogen-bond acceptors (Lipinski definition) is 6. The summed E-state index contributed by atoms with van der Waals surface area (Å²) in [6, 6.07) is 10.1. The van der Waals surface area contributed by atoms with Crippen molar-refractivity contribution < 1.29 is 9.53 Å². The summed E-state index contributed by atoms with van der Waals surface area (Å²) in [7, 11) is 1.65. The van der Waals surface area contributed by atoms with Crippen molar-refractivity contribution in [3.8, 4) is 6.07 Å². The highest BCUT2D eigenvalue weighted by Gasteiger charge is 2.34. The van der Waals surface area contributed by atoms with Crippen LogP contribution in [0.4, 0.5) is 5.82 Å². The van der Waals surface area contributed by atoms with Crippen LogP contribution in [0, 0.1) is 24.2 Å². The Hall–Kier alpha value is -2.98. The lowest BCUT2D eigenvalue weighted by atomic mass is 9.83. The number of benzene rings is 1. The molecule has 1 aromatic heterocycles. The second-order valence-electron chi connectivity index (χ2n) is 7.04. The molecule has 2 N–H and O–H groups in total. The Morgan fingerprint density at radius 3 is 2.82 bits per heavy atom. The number of nitrogens with one attached hydrogen (secondary N) is 2. The van der Waals surface area contributed by atoms with Gasteiger partial charge in [0.05, 0.1) is 12.1 Å². The maximum atomic E-state index is 12.7. The number of amides is 1. The van der Waals surface area contributed by atoms with Crippen LogP contribution in [0.15, 0.2) is 36.7 Å². The molecule has 2 aromatic rings. The molecular weight excluding hydrogens is 354 g/mol. The molecule has 1 fully saturated rings. The summed E-state index contributed by atoms with van der Waals surface area (Å²) in [6.45, 7) is 2.58. The Morgan fingerprint density at radius 1 is 1.29 bits per heavy atom. The fourth-order valence-electron chi connectivity index (χ4n) is 3.63. The molecule has 1 heterocycles. The van der Waals surface area contributed by atoms with E-state index < -0.39 is 0 Å². The second kappa shape index (κ2) is 9.29. The van der Waals surface area contributed by atoms with E-state index in [1.54, 1.807) is 13.3 Å². The maximum Gasteiger partial charge on any atom is 0.223 e. The van der Waals surface area contributed by atoms with Gasteiger partial charge in [0.15, 0.2) is 11.5 Å². The van der Waals surface area contributed by atoms with Crippen LogP contribution in [0.2, 0.25) is 0 Å². The molecule has 7 heteroatoms. The van der Waals surface area contributed by atoms with Crippen LogP contribution in [-0.2, 0) is 16.1 Å². The molecule has 1 aliphatic carbocycles. The predicted molar refractivity (Wildman–Crippen MR) is 105 cm³/mol. The lowest BCUT2D eigenvalue weighted by molar-refractivity contribution is -0.127. The summed E-state index contributed by atoms with van der Waals surface area (Å²) in [6.07, 6.45) is 5.03. The van der Waals surface area contributed by atoms with Crippen molar-refractivity contribution in [2.24, 2.45) is 5.92 Å². The van der Waals surface area contributed by atoms with E-state index >= 15 is 0 Å². The number of methoxy groups -OCH3 is 1. The first-order valence-corrected chi connectivity index (χ1v) is 9.45. The molecule has 0 spiro atoms. The smallest absolute Gasteiger partial charge is 0.223 e. The molecule has 0 aliphatic heterocycles. The highest BCUT2D eigenvalue weighted by Crippen LogP contribution is 2.29. The topological polar surface area (TPSA) is 99.9 Å². The summed E-state index contributed by atoms with van der Waals surface area (Å²) in [5, 5.41) is 15.5. The molecule has 146 valence electrons. The van der Waals surface area contributed by atoms with E-state index in [0.717, 1.165) is 18.4 Å². The van der Waals surface area contributed by atoms with Crippen LogP contribution in [0.25, 0.3) is 0 Å². The normalized spacial score (nSPS) is 21.5. The van der Waals surface area contributed by atoms with Crippen molar-refractivity contribution in [1.82, 2.24) is 15.3 Å². The van der Waals surface area contributed by atoms with E-state index in [1.165, 1.54) is 11.8 Å². The fourth-order valence-corrected chi connectivity index (χ4v) is 3.63. The lowest BCUT2D eigenvalue weighted by Crippen LogP contribution is -2.45. The number of anilines is 1. The molecule has 3 atom stereocenters. The summed E-state index contributed by atoms with van der Waals surface area (Å²) in [5.74, 6) is 0.421. The number of ether oxygens (including phenoxy) is 1. The number of carbonyl (C=O) groups excluding carboxylic acids is 1. The van der Waals surface area contributed by atoms with Gasteiger partial charge in [-0.05, 0) is 37.3 Å². The third-order valence-electron chi connectivity index (χ3n) is 5.31. The van der Waals surface area contributed by atoms with E-state index in [1.807, 2.05) is 37.3 Å². The molecule has 0 bridgehead atoms. The van der Waals surface area contributed by atoms with Crippen LogP contribution in [-0.4, -0.2) is 35.1 Å². The van der Waals surface area contributed by atoms with Crippen molar-refractivity contribution in [3.63, 3.8) is 0 Å². The molecule has 1 amide bonds. The van der Waals surface area contributed by atoms with Crippen molar-refractivity contribution in [1.29, 1.82) is 5.26 Å². The average molecular weight is 379 g/mol. The Labute approximate surface area is 165 Å². The number of hydrogen-bond donors (Lipinski definition) is 2. The minimum Gasteiger partial charge on any atom is -0.379 e. The Bertz CT molecular complexity index is 864. The van der Waals surface area contributed by atoms with Gasteiger partial charge in [-0.25, -0.2) is 9.97 Å². The van der Waals surface area contributed by atoms with Crippen LogP contribution in [0.3, 0.4) is 0 Å². The van der Waals surface area contributed by atoms with Gasteiger partial charge in [-0.2, -0.15) is 5.26 Å². The highest BCUT2D eigenvalue weighted by molar-refractivity contribution is 5.78. The van der Waals surface area contributed by atoms with E-state index in [2.05, 4.69) is 20.6 Å². The monoisotopic (exact) mass is 379 g/mol. The number of aryl methyl sites for hydroxylation is 1. The molecule has 1 aromatic carbocycles. The van der Waals surface area contributed by atoms with E-state index in [9.17, 15) is 10.1 Å². The Kier molecular flexibility index (Phi) is 6.56. The standard InChI is InChI=1S/C21H25N5O2/c1-14-5-3-4-6-16(14)13-25-21(27)15-7-8-17(19(11-15)28-2)26-20-18(12-22)23-9-10-24-20/h3-6,9-10,15,17,19H,7-8,11,13H2,1-2H3,(H,24,26)(H,25,27)/t15-,17+,19+/m0/s1. The Morgan fingerprint density at radius 2 is 2.07 bits per heavy atom. The molecule has 28 heavy (non-hydrogen) atoms. The van der Waals surface area contributed by atoms with Gasteiger partial charge in [0.2, 0.25) is 5.91 Å². The zero-order valence-electron chi connectivity index (χ0n) is 16.2. The molecule has 3 rings (SSSR count). The first kappa shape index (κ1) is 19.8. The number of nitriles is 1. The zero-order chi connectivity index (χ0) is 19.9. The molecule has 1 aliphatic rings. The average Bonchev–Trinajstić information content (AvgIpc) is 2.73. The summed E-state index contributed by atoms with van der Waals surface area (Å²) >= 11 is 0. The fraction of sp³-hybridized carbons (Fsp3) is 0.429. The van der Waals surface area contributed by atoms with Crippen molar-refractivity contribution >= 4 is 11.7 Å². The van der Waals surface area contributed by atoms with Gasteiger partial charge in [0.25, 0.3) is 0 Å². The zero-order valence-corrected chi connectivity index (χ0v) is 16.2. The minimum absolute atomic E-state index is 0.0192. The number of carbonyl (C=O) groups is 1. The van der Waals surface area contributed by atoms with Crippen LogP contribution >= 0.6 is 0 Å². The third kappa shape index (κ3) is 4.65. The molecule has 0 saturated heterocycles. The van der Waals surface area contributed by atoms with Gasteiger partial charge in [-0.3, -0.25) is 4.79 Å². The van der Waals surface area contributed by atoms with E-state index in [0.29, 0.717) is 18.8 Å². The van der Waals surface area contributed by atoms with Crippen LogP contribution < -0.4 is 10.6 Å². The SMILES string of the molecule is CO[C@@H]1C[C@@H](C(=O)NCc2ccccc2C)CC[C@H]1Nc1nccnc1C#N. The van der Waals surface area contributed by atoms with Crippen LogP contribution in [0.1, 0.15) is 36.1 Å². The third-order valence-corrected chi connectivity index (χ3v) is 5.31. The second-order valence-corrected chi connectivity index (χ2v) is 7.04. The minimum atomic E-state index is -0.142. The molecular formula is C21H25N5O2. The first-order valence-electron chi connectivity index (χ1n) is 9.45. The largest absolute Gasteiger partial charge is 0.379 e. The van der Waals surface area contributed by atoms with Crippen LogP contribution in [0.5, 0.6) is 0 Å².